The number of carbonyl (C=O) groups excluding carboxylic acids is 4. The molecule has 0 bridgehead atoms. The Balaban J connectivity index is 0.000000126. The molecule has 108 heavy (non-hydrogen) atoms. The molecular weight excluding hydrogens is 1370 g/mol. The van der Waals surface area contributed by atoms with E-state index >= 15 is 0 Å². The van der Waals surface area contributed by atoms with Crippen molar-refractivity contribution in [2.75, 3.05) is 19.6 Å². The number of nitrogens with zero attached hydrogens (tertiary/aromatic N) is 8. The van der Waals surface area contributed by atoms with Gasteiger partial charge in [-0.2, -0.15) is 15.0 Å². The molecular formula is C85H96N12O11. The summed E-state index contributed by atoms with van der Waals surface area (Å²) < 4.78 is 28.3. The predicted octanol–water partition coefficient (Wildman–Crippen LogP) is 14.6. The van der Waals surface area contributed by atoms with Crippen molar-refractivity contribution in [1.82, 2.24) is 56.2 Å². The number of nitrogens with one attached hydrogen (secondary N) is 3. The molecule has 18 rings (SSSR count). The summed E-state index contributed by atoms with van der Waals surface area (Å²) in [6.07, 6.45) is 14.8. The number of carbonyl (C=O) groups is 5. The molecule has 9 aliphatic carbocycles. The van der Waals surface area contributed by atoms with Crippen LogP contribution in [0.2, 0.25) is 0 Å². The first kappa shape index (κ1) is 73.1. The Hall–Kier alpha value is -10.4. The van der Waals surface area contributed by atoms with Gasteiger partial charge in [0.25, 0.3) is 29.5 Å². The first-order valence-electron chi connectivity index (χ1n) is 38.3. The van der Waals surface area contributed by atoms with E-state index < -0.39 is 17.2 Å². The van der Waals surface area contributed by atoms with Gasteiger partial charge >= 0.3 is 18.2 Å². The second-order valence-electron chi connectivity index (χ2n) is 33.1. The number of amides is 4. The normalized spacial score (nSPS) is 21.8. The van der Waals surface area contributed by atoms with Crippen LogP contribution < -0.4 is 21.7 Å². The Morgan fingerprint density at radius 2 is 0.796 bits per heavy atom. The highest BCUT2D eigenvalue weighted by molar-refractivity contribution is 5.95. The molecule has 9 saturated carbocycles. The van der Waals surface area contributed by atoms with Crippen LogP contribution in [0.5, 0.6) is 0 Å². The molecule has 3 unspecified atom stereocenters. The summed E-state index contributed by atoms with van der Waals surface area (Å²) >= 11 is 0. The minimum atomic E-state index is -0.990. The minimum Gasteiger partial charge on any atom is -0.478 e. The first-order chi connectivity index (χ1) is 52.0. The zero-order valence-electron chi connectivity index (χ0n) is 62.2. The molecule has 6 atom stereocenters. The molecule has 0 saturated heterocycles. The average Bonchev–Trinajstić information content (AvgIpc) is 1.60. The van der Waals surface area contributed by atoms with Crippen molar-refractivity contribution < 1.29 is 52.1 Å². The number of rotatable bonds is 23. The smallest absolute Gasteiger partial charge is 0.410 e. The Kier molecular flexibility index (Phi) is 20.3. The van der Waals surface area contributed by atoms with Crippen molar-refractivity contribution in [3.05, 3.63) is 215 Å². The van der Waals surface area contributed by atoms with Gasteiger partial charge in [0.2, 0.25) is 0 Å². The highest BCUT2D eigenvalue weighted by Crippen LogP contribution is 2.55. The van der Waals surface area contributed by atoms with Crippen molar-refractivity contribution in [3.63, 3.8) is 0 Å². The standard InChI is InChI=1S/C30H34N4O4.C27H29N3O5.C25H26N4O2.C3H7N/c1-29(2,3)37-28(36)34(24-17-23(24)19-7-5-4-6-8-19)18-30(15-16-30)27-32-26(38-33-27)21-11-9-20(10-12-21)25(35)31-22-13-14-22;1-26(2,3)34-25(33)30(21-15-20(21)17-7-5-4-6-8-17)16-27(13-14-27)24-28-22(35-29-24)18-9-11-19(12-10-18)23(31)32;30-22(27-19-10-11-19)17-6-8-18(9-7-17)23-28-24(29-31-23)25(12-13-25)15-26-21-14-20(21)16-4-2-1-3-5-16;4-3-1-2-3/h4-12,22-24H,13-18H2,1-3H3,(H,31,35);4-12,20-21H,13-16H2,1-3H3,(H,31,32);1-9,19-21,26H,10-15H2,(H,27,30);3H,1-2,4H2/t23?,24-;2*20?,21-;/m000./s1. The highest BCUT2D eigenvalue weighted by atomic mass is 16.6. The van der Waals surface area contributed by atoms with Crippen LogP contribution in [0.4, 0.5) is 9.59 Å². The van der Waals surface area contributed by atoms with E-state index in [0.717, 1.165) is 101 Å². The van der Waals surface area contributed by atoms with E-state index in [1.165, 1.54) is 48.1 Å². The predicted molar refractivity (Wildman–Crippen MR) is 404 cm³/mol. The van der Waals surface area contributed by atoms with E-state index in [1.54, 1.807) is 24.3 Å². The molecule has 0 radical (unpaired) electrons. The van der Waals surface area contributed by atoms with Gasteiger partial charge < -0.3 is 59.6 Å². The number of benzene rings is 6. The second kappa shape index (κ2) is 30.0. The van der Waals surface area contributed by atoms with Gasteiger partial charge in [-0.25, -0.2) is 14.4 Å². The number of hydrogen-bond donors (Lipinski definition) is 5. The summed E-state index contributed by atoms with van der Waals surface area (Å²) in [5, 5.41) is 31.7. The quantitative estimate of drug-likeness (QED) is 0.0397. The van der Waals surface area contributed by atoms with Crippen molar-refractivity contribution in [2.45, 2.75) is 219 Å². The monoisotopic (exact) mass is 1460 g/mol. The summed E-state index contributed by atoms with van der Waals surface area (Å²) in [4.78, 5) is 80.0. The van der Waals surface area contributed by atoms with Crippen LogP contribution >= 0.6 is 0 Å². The molecule has 9 aromatic rings. The third-order valence-electron chi connectivity index (χ3n) is 21.6. The number of ether oxygens (including phenoxy) is 2. The molecule has 23 heteroatoms. The maximum atomic E-state index is 13.3. The second-order valence-corrected chi connectivity index (χ2v) is 33.1. The van der Waals surface area contributed by atoms with Crippen LogP contribution in [0.1, 0.15) is 221 Å². The molecule has 0 aliphatic heterocycles. The van der Waals surface area contributed by atoms with Gasteiger partial charge in [-0.15, -0.1) is 0 Å². The minimum absolute atomic E-state index is 0.00430. The van der Waals surface area contributed by atoms with E-state index in [-0.39, 0.29) is 63.8 Å². The van der Waals surface area contributed by atoms with Crippen LogP contribution in [0.15, 0.2) is 177 Å². The molecule has 9 fully saturated rings. The lowest BCUT2D eigenvalue weighted by molar-refractivity contribution is 0.0198. The molecule has 23 nitrogen and oxygen atoms in total. The number of carboxylic acid groups (broad SMARTS) is 1. The van der Waals surface area contributed by atoms with Crippen LogP contribution in [0.3, 0.4) is 0 Å². The summed E-state index contributed by atoms with van der Waals surface area (Å²) in [5.74, 6) is 3.39. The highest BCUT2D eigenvalue weighted by Gasteiger charge is 2.57. The lowest BCUT2D eigenvalue weighted by Crippen LogP contribution is -2.43. The fraction of sp³-hybridized carbons (Fsp3) is 0.447. The van der Waals surface area contributed by atoms with Crippen molar-refractivity contribution in [1.29, 1.82) is 0 Å². The summed E-state index contributed by atoms with van der Waals surface area (Å²) in [5.41, 5.74) is 10.9. The largest absolute Gasteiger partial charge is 0.478 e. The van der Waals surface area contributed by atoms with Gasteiger partial charge in [-0.05, 0) is 227 Å². The van der Waals surface area contributed by atoms with Crippen molar-refractivity contribution in [3.8, 4) is 34.4 Å². The molecule has 9 aliphatic rings. The van der Waals surface area contributed by atoms with Gasteiger partial charge in [-0.3, -0.25) is 9.59 Å². The number of nitrogens with two attached hydrogens (primary N) is 1. The zero-order chi connectivity index (χ0) is 75.1. The first-order valence-corrected chi connectivity index (χ1v) is 38.3. The summed E-state index contributed by atoms with van der Waals surface area (Å²) in [6, 6.07) is 54.2. The Morgan fingerprint density at radius 1 is 0.463 bits per heavy atom. The Morgan fingerprint density at radius 3 is 1.11 bits per heavy atom. The van der Waals surface area contributed by atoms with E-state index in [9.17, 15) is 24.0 Å². The van der Waals surface area contributed by atoms with Crippen LogP contribution in [0.25, 0.3) is 34.4 Å². The Bertz CT molecular complexity index is 4640. The molecule has 6 N–H and O–H groups in total. The van der Waals surface area contributed by atoms with Crippen LogP contribution in [-0.4, -0.2) is 142 Å². The number of aromatic nitrogens is 6. The number of hydrogen-bond acceptors (Lipinski definition) is 18. The van der Waals surface area contributed by atoms with Crippen molar-refractivity contribution in [2.24, 2.45) is 5.73 Å². The van der Waals surface area contributed by atoms with Crippen LogP contribution in [0, 0.1) is 0 Å². The molecule has 0 spiro atoms. The third-order valence-corrected chi connectivity index (χ3v) is 21.6. The Labute approximate surface area is 628 Å². The van der Waals surface area contributed by atoms with E-state index in [2.05, 4.69) is 91.0 Å². The molecule has 4 amide bonds. The lowest BCUT2D eigenvalue weighted by atomic mass is 10.1. The molecule has 3 aromatic heterocycles. The third kappa shape index (κ3) is 18.2. The van der Waals surface area contributed by atoms with Gasteiger partial charge in [0.1, 0.15) is 11.2 Å². The maximum absolute atomic E-state index is 13.3. The van der Waals surface area contributed by atoms with Gasteiger partial charge in [0, 0.05) is 107 Å². The van der Waals surface area contributed by atoms with Crippen molar-refractivity contribution >= 4 is 30.0 Å². The molecule has 3 heterocycles. The average molecular weight is 1460 g/mol. The fourth-order valence-corrected chi connectivity index (χ4v) is 13.8. The number of carboxylic acids is 1. The summed E-state index contributed by atoms with van der Waals surface area (Å²) in [6.45, 7) is 13.1. The topological polar surface area (TPSA) is 309 Å². The van der Waals surface area contributed by atoms with Gasteiger partial charge in [0.05, 0.1) is 16.4 Å². The van der Waals surface area contributed by atoms with E-state index in [0.29, 0.717) is 95.1 Å². The molecule has 562 valence electrons. The van der Waals surface area contributed by atoms with Gasteiger partial charge in [0.15, 0.2) is 17.5 Å². The molecule has 6 aromatic carbocycles. The number of aromatic carboxylic acids is 1. The van der Waals surface area contributed by atoms with Gasteiger partial charge in [-0.1, -0.05) is 106 Å². The van der Waals surface area contributed by atoms with Crippen LogP contribution in [-0.2, 0) is 25.7 Å². The maximum Gasteiger partial charge on any atom is 0.410 e. The van der Waals surface area contributed by atoms with E-state index in [1.807, 2.05) is 124 Å². The SMILES string of the molecule is CC(C)(C)OC(=O)N(CC1(c2noc(-c3ccc(C(=O)NC4CC4)cc3)n2)CC1)[C@H]1CC1c1ccccc1.CC(C)(C)OC(=O)N(CC1(c2noc(-c3ccc(C(=O)O)cc3)n2)CC1)[C@H]1CC1c1ccccc1.NC1CC1.O=C(NC1CC1)c1ccc(-c2nc(C3(CN[C@H]4CC4c4ccccc4)CC3)no2)cc1. The lowest BCUT2D eigenvalue weighted by Gasteiger charge is -2.30. The fourth-order valence-electron chi connectivity index (χ4n) is 13.8. The zero-order valence-corrected chi connectivity index (χ0v) is 62.2. The summed E-state index contributed by atoms with van der Waals surface area (Å²) in [7, 11) is 0. The van der Waals surface area contributed by atoms with E-state index in [4.69, 9.17) is 43.9 Å².